The number of rotatable bonds is 9. The van der Waals surface area contributed by atoms with Gasteiger partial charge in [0, 0.05) is 38.6 Å². The normalized spacial score (nSPS) is 40.0. The molecule has 9 heteroatoms. The Morgan fingerprint density at radius 3 is 2.29 bits per heavy atom. The van der Waals surface area contributed by atoms with Crippen molar-refractivity contribution >= 4 is 17.7 Å². The van der Waals surface area contributed by atoms with Crippen molar-refractivity contribution in [2.24, 2.45) is 34.5 Å². The Labute approximate surface area is 252 Å². The van der Waals surface area contributed by atoms with Crippen LogP contribution in [-0.2, 0) is 14.4 Å². The molecule has 0 unspecified atom stereocenters. The minimum atomic E-state index is -0.347. The van der Waals surface area contributed by atoms with Crippen LogP contribution in [0.5, 0.6) is 0 Å². The molecular formula is C33H56N4O5. The first-order chi connectivity index (χ1) is 20.1. The number of nitrogens with zero attached hydrogens (tertiary/aromatic N) is 2. The van der Waals surface area contributed by atoms with Gasteiger partial charge in [0.15, 0.2) is 0 Å². The third kappa shape index (κ3) is 6.25. The molecular weight excluding hydrogens is 532 g/mol. The number of carbonyl (C=O) groups excluding carboxylic acids is 3. The van der Waals surface area contributed by atoms with E-state index in [4.69, 9.17) is 0 Å². The predicted molar refractivity (Wildman–Crippen MR) is 161 cm³/mol. The van der Waals surface area contributed by atoms with Crippen LogP contribution in [0.4, 0.5) is 0 Å². The highest BCUT2D eigenvalue weighted by Gasteiger charge is 2.61. The molecule has 238 valence electrons. The SMILES string of the molecule is CCCCCC(=O)NCC(=O)NCC(=O)N1CCN([C@H]2C[C@@]3(C)[C@@H](CC[C@@H]4[C@@H]3CC[C@]3(C)[C@@H](O)CC[C@@H]43)C[C@@H]2O)CC1. The van der Waals surface area contributed by atoms with Gasteiger partial charge in [-0.3, -0.25) is 19.3 Å². The van der Waals surface area contributed by atoms with E-state index < -0.39 is 0 Å². The smallest absolute Gasteiger partial charge is 0.242 e. The summed E-state index contributed by atoms with van der Waals surface area (Å²) in [6.45, 7) is 9.42. The van der Waals surface area contributed by atoms with Crippen LogP contribution in [0.15, 0.2) is 0 Å². The summed E-state index contributed by atoms with van der Waals surface area (Å²) in [4.78, 5) is 41.0. The zero-order chi connectivity index (χ0) is 30.1. The molecule has 9 atom stereocenters. The fourth-order valence-electron chi connectivity index (χ4n) is 10.1. The first-order valence-electron chi connectivity index (χ1n) is 17.0. The Balaban J connectivity index is 1.10. The predicted octanol–water partition coefficient (Wildman–Crippen LogP) is 2.69. The topological polar surface area (TPSA) is 122 Å². The number of unbranched alkanes of at least 4 members (excludes halogenated alkanes) is 2. The zero-order valence-corrected chi connectivity index (χ0v) is 26.3. The van der Waals surface area contributed by atoms with Crippen molar-refractivity contribution in [3.8, 4) is 0 Å². The lowest BCUT2D eigenvalue weighted by atomic mass is 9.44. The van der Waals surface area contributed by atoms with Gasteiger partial charge in [-0.1, -0.05) is 33.6 Å². The molecule has 42 heavy (non-hydrogen) atoms. The summed E-state index contributed by atoms with van der Waals surface area (Å²) in [5, 5.41) is 27.4. The van der Waals surface area contributed by atoms with Gasteiger partial charge in [0.1, 0.15) is 0 Å². The number of amides is 3. The summed E-state index contributed by atoms with van der Waals surface area (Å²) in [6, 6.07) is 0.116. The number of aliphatic hydroxyl groups excluding tert-OH is 2. The van der Waals surface area contributed by atoms with Crippen LogP contribution in [0.2, 0.25) is 0 Å². The van der Waals surface area contributed by atoms with Gasteiger partial charge in [0.25, 0.3) is 0 Å². The summed E-state index contributed by atoms with van der Waals surface area (Å²) in [7, 11) is 0. The second kappa shape index (κ2) is 13.1. The Bertz CT molecular complexity index is 985. The summed E-state index contributed by atoms with van der Waals surface area (Å²) >= 11 is 0. The molecule has 9 nitrogen and oxygen atoms in total. The van der Waals surface area contributed by atoms with Gasteiger partial charge in [-0.05, 0) is 92.3 Å². The van der Waals surface area contributed by atoms with Crippen molar-refractivity contribution in [1.29, 1.82) is 0 Å². The third-order valence-electron chi connectivity index (χ3n) is 12.7. The molecule has 0 bridgehead atoms. The second-order valence-electron chi connectivity index (χ2n) is 14.8. The molecule has 4 saturated carbocycles. The van der Waals surface area contributed by atoms with Crippen LogP contribution in [0, 0.1) is 34.5 Å². The van der Waals surface area contributed by atoms with Crippen molar-refractivity contribution in [3.05, 3.63) is 0 Å². The Kier molecular flexibility index (Phi) is 9.90. The van der Waals surface area contributed by atoms with Gasteiger partial charge in [-0.2, -0.15) is 0 Å². The van der Waals surface area contributed by atoms with Gasteiger partial charge in [-0.15, -0.1) is 0 Å². The molecule has 1 saturated heterocycles. The fourth-order valence-corrected chi connectivity index (χ4v) is 10.1. The molecule has 0 aromatic rings. The highest BCUT2D eigenvalue weighted by Crippen LogP contribution is 2.66. The van der Waals surface area contributed by atoms with Gasteiger partial charge < -0.3 is 25.7 Å². The van der Waals surface area contributed by atoms with E-state index in [1.165, 1.54) is 19.3 Å². The van der Waals surface area contributed by atoms with E-state index in [0.717, 1.165) is 64.5 Å². The number of aliphatic hydroxyl groups is 2. The van der Waals surface area contributed by atoms with Gasteiger partial charge >= 0.3 is 0 Å². The Hall–Kier alpha value is -1.71. The van der Waals surface area contributed by atoms with E-state index in [-0.39, 0.29) is 59.9 Å². The molecule has 0 aromatic carbocycles. The lowest BCUT2D eigenvalue weighted by Crippen LogP contribution is -2.62. The van der Waals surface area contributed by atoms with Crippen LogP contribution in [0.1, 0.15) is 97.8 Å². The molecule has 1 heterocycles. The lowest BCUT2D eigenvalue weighted by Gasteiger charge is -2.62. The van der Waals surface area contributed by atoms with Crippen LogP contribution in [-0.4, -0.2) is 95.3 Å². The van der Waals surface area contributed by atoms with E-state index in [1.54, 1.807) is 0 Å². The molecule has 5 aliphatic rings. The van der Waals surface area contributed by atoms with E-state index in [2.05, 4.69) is 36.3 Å². The Morgan fingerprint density at radius 2 is 1.55 bits per heavy atom. The molecule has 0 radical (unpaired) electrons. The van der Waals surface area contributed by atoms with Crippen molar-refractivity contribution < 1.29 is 24.6 Å². The maximum atomic E-state index is 12.8. The van der Waals surface area contributed by atoms with Gasteiger partial charge in [0.05, 0.1) is 25.3 Å². The van der Waals surface area contributed by atoms with E-state index in [1.807, 2.05) is 4.90 Å². The first-order valence-corrected chi connectivity index (χ1v) is 17.0. The quantitative estimate of drug-likeness (QED) is 0.307. The highest BCUT2D eigenvalue weighted by atomic mass is 16.3. The standard InChI is InChI=1S/C33H56N4O5/c1-4-5-6-7-29(40)34-20-30(41)35-21-31(42)37-16-14-36(15-17-37)26-19-33(3)22(18-27(26)38)8-9-23-24-10-11-28(39)32(24,2)13-12-25(23)33/h22-28,38-39H,4-21H2,1-3H3,(H,34,40)(H,35,41)/t22-,23-,24-,25-,26-,27-,28-,32-,33-/m0/s1. The summed E-state index contributed by atoms with van der Waals surface area (Å²) in [5.74, 6) is 1.97. The van der Waals surface area contributed by atoms with E-state index in [0.29, 0.717) is 43.2 Å². The number of carbonyl (C=O) groups is 3. The average Bonchev–Trinajstić information content (AvgIpc) is 3.29. The third-order valence-corrected chi connectivity index (χ3v) is 12.7. The molecule has 5 rings (SSSR count). The second-order valence-corrected chi connectivity index (χ2v) is 14.8. The largest absolute Gasteiger partial charge is 0.393 e. The van der Waals surface area contributed by atoms with Crippen LogP contribution in [0.25, 0.3) is 0 Å². The number of hydrogen-bond donors (Lipinski definition) is 4. The van der Waals surface area contributed by atoms with Crippen molar-refractivity contribution in [2.45, 2.75) is 116 Å². The van der Waals surface area contributed by atoms with Crippen LogP contribution in [0.3, 0.4) is 0 Å². The van der Waals surface area contributed by atoms with Gasteiger partial charge in [-0.25, -0.2) is 0 Å². The number of hydrogen-bond acceptors (Lipinski definition) is 6. The maximum Gasteiger partial charge on any atom is 0.242 e. The number of fused-ring (bicyclic) bond motifs is 5. The molecule has 4 N–H and O–H groups in total. The summed E-state index contributed by atoms with van der Waals surface area (Å²) in [5.41, 5.74) is 0.298. The fraction of sp³-hybridized carbons (Fsp3) is 0.909. The number of nitrogens with one attached hydrogen (secondary N) is 2. The van der Waals surface area contributed by atoms with Crippen molar-refractivity contribution in [2.75, 3.05) is 39.3 Å². The summed E-state index contributed by atoms with van der Waals surface area (Å²) < 4.78 is 0. The Morgan fingerprint density at radius 1 is 0.833 bits per heavy atom. The summed E-state index contributed by atoms with van der Waals surface area (Å²) in [6.07, 6.45) is 11.6. The molecule has 3 amide bonds. The van der Waals surface area contributed by atoms with Crippen molar-refractivity contribution in [1.82, 2.24) is 20.4 Å². The molecule has 5 fully saturated rings. The highest BCUT2D eigenvalue weighted by molar-refractivity contribution is 5.88. The van der Waals surface area contributed by atoms with E-state index in [9.17, 15) is 24.6 Å². The van der Waals surface area contributed by atoms with E-state index >= 15 is 0 Å². The monoisotopic (exact) mass is 588 g/mol. The number of piperazine rings is 1. The maximum absolute atomic E-state index is 12.8. The van der Waals surface area contributed by atoms with Crippen LogP contribution >= 0.6 is 0 Å². The molecule has 1 aliphatic heterocycles. The molecule has 0 aromatic heterocycles. The lowest BCUT2D eigenvalue weighted by molar-refractivity contribution is -0.156. The van der Waals surface area contributed by atoms with Gasteiger partial charge in [0.2, 0.25) is 17.7 Å². The average molecular weight is 589 g/mol. The molecule has 4 aliphatic carbocycles. The minimum Gasteiger partial charge on any atom is -0.393 e. The first kappa shape index (κ1) is 31.7. The van der Waals surface area contributed by atoms with Crippen molar-refractivity contribution in [3.63, 3.8) is 0 Å². The minimum absolute atomic E-state index is 0.0613. The molecule has 0 spiro atoms. The van der Waals surface area contributed by atoms with Crippen LogP contribution < -0.4 is 10.6 Å². The zero-order valence-electron chi connectivity index (χ0n) is 26.3.